The summed E-state index contributed by atoms with van der Waals surface area (Å²) in [6.45, 7) is 9.04. The Hall–Kier alpha value is -2.31. The molecule has 1 fully saturated rings. The number of benzene rings is 2. The smallest absolute Gasteiger partial charge is 0.255 e. The van der Waals surface area contributed by atoms with Crippen LogP contribution in [-0.4, -0.2) is 81.3 Å². The lowest BCUT2D eigenvalue weighted by Gasteiger charge is -2.33. The van der Waals surface area contributed by atoms with Crippen LogP contribution < -0.4 is 5.32 Å². The minimum absolute atomic E-state index is 0.121. The van der Waals surface area contributed by atoms with E-state index in [0.717, 1.165) is 5.56 Å². The molecule has 1 amide bonds. The van der Waals surface area contributed by atoms with Gasteiger partial charge in [-0.1, -0.05) is 26.0 Å². The van der Waals surface area contributed by atoms with Crippen molar-refractivity contribution in [2.75, 3.05) is 50.3 Å². The van der Waals surface area contributed by atoms with Crippen LogP contribution in [0.2, 0.25) is 0 Å². The highest BCUT2D eigenvalue weighted by Crippen LogP contribution is 2.19. The molecular formula is C24H34N4O5S2. The van der Waals surface area contributed by atoms with E-state index in [4.69, 9.17) is 0 Å². The molecule has 1 aliphatic heterocycles. The average molecular weight is 523 g/mol. The number of rotatable bonds is 10. The largest absolute Gasteiger partial charge is 0.322 e. The van der Waals surface area contributed by atoms with Crippen molar-refractivity contribution in [2.45, 2.75) is 32.2 Å². The number of anilines is 1. The van der Waals surface area contributed by atoms with Gasteiger partial charge in [-0.25, -0.2) is 16.8 Å². The number of carbonyl (C=O) groups is 1. The molecule has 1 saturated heterocycles. The van der Waals surface area contributed by atoms with E-state index >= 15 is 0 Å². The van der Waals surface area contributed by atoms with E-state index in [1.165, 1.54) is 16.4 Å². The predicted octanol–water partition coefficient (Wildman–Crippen LogP) is 2.44. The van der Waals surface area contributed by atoms with E-state index in [1.54, 1.807) is 49.3 Å². The van der Waals surface area contributed by atoms with Gasteiger partial charge in [0.1, 0.15) is 0 Å². The van der Waals surface area contributed by atoms with E-state index in [-0.39, 0.29) is 16.6 Å². The molecule has 0 aliphatic carbocycles. The van der Waals surface area contributed by atoms with Gasteiger partial charge in [0.05, 0.1) is 10.6 Å². The van der Waals surface area contributed by atoms with Gasteiger partial charge in [0.2, 0.25) is 20.0 Å². The summed E-state index contributed by atoms with van der Waals surface area (Å²) in [6.07, 6.45) is 0. The van der Waals surface area contributed by atoms with Crippen LogP contribution in [0.4, 0.5) is 5.69 Å². The van der Waals surface area contributed by atoms with Crippen LogP contribution in [0.25, 0.3) is 0 Å². The molecule has 11 heteroatoms. The molecule has 9 nitrogen and oxygen atoms in total. The molecule has 2 aromatic carbocycles. The molecule has 0 unspecified atom stereocenters. The van der Waals surface area contributed by atoms with Crippen molar-refractivity contribution in [1.82, 2.24) is 13.5 Å². The second-order valence-electron chi connectivity index (χ2n) is 8.34. The lowest BCUT2D eigenvalue weighted by molar-refractivity contribution is 0.102. The molecule has 35 heavy (non-hydrogen) atoms. The summed E-state index contributed by atoms with van der Waals surface area (Å²) in [5.41, 5.74) is 2.05. The maximum Gasteiger partial charge on any atom is 0.255 e. The first-order valence-corrected chi connectivity index (χ1v) is 14.9. The lowest BCUT2D eigenvalue weighted by atomic mass is 10.1. The van der Waals surface area contributed by atoms with Crippen molar-refractivity contribution in [2.24, 2.45) is 0 Å². The SMILES string of the molecule is CCN(CC)S(=O)(=O)c1ccc(NC(=O)c2ccc(CN3CCN(S(=O)(=O)CC)CC3)cc2)cc1. The van der Waals surface area contributed by atoms with Crippen LogP contribution in [0.15, 0.2) is 53.4 Å². The Kier molecular flexibility index (Phi) is 9.05. The van der Waals surface area contributed by atoms with Gasteiger partial charge in [0.15, 0.2) is 0 Å². The summed E-state index contributed by atoms with van der Waals surface area (Å²) >= 11 is 0. The number of sulfonamides is 2. The summed E-state index contributed by atoms with van der Waals surface area (Å²) < 4.78 is 52.1. The zero-order chi connectivity index (χ0) is 25.6. The molecule has 2 aromatic rings. The van der Waals surface area contributed by atoms with Crippen LogP contribution >= 0.6 is 0 Å². The van der Waals surface area contributed by atoms with E-state index in [0.29, 0.717) is 57.1 Å². The summed E-state index contributed by atoms with van der Waals surface area (Å²) in [4.78, 5) is 15.0. The van der Waals surface area contributed by atoms with Gasteiger partial charge in [-0.2, -0.15) is 8.61 Å². The second kappa shape index (κ2) is 11.6. The fourth-order valence-electron chi connectivity index (χ4n) is 3.99. The van der Waals surface area contributed by atoms with Crippen LogP contribution in [-0.2, 0) is 26.6 Å². The van der Waals surface area contributed by atoms with Crippen molar-refractivity contribution in [3.8, 4) is 0 Å². The summed E-state index contributed by atoms with van der Waals surface area (Å²) in [6, 6.07) is 13.5. The number of piperazine rings is 1. The number of nitrogens with one attached hydrogen (secondary N) is 1. The minimum atomic E-state index is -3.54. The molecule has 0 aromatic heterocycles. The zero-order valence-corrected chi connectivity index (χ0v) is 22.1. The van der Waals surface area contributed by atoms with Gasteiger partial charge < -0.3 is 5.32 Å². The van der Waals surface area contributed by atoms with Gasteiger partial charge in [-0.05, 0) is 48.9 Å². The highest BCUT2D eigenvalue weighted by molar-refractivity contribution is 7.89. The molecule has 0 atom stereocenters. The number of hydrogen-bond acceptors (Lipinski definition) is 6. The van der Waals surface area contributed by atoms with Crippen molar-refractivity contribution < 1.29 is 21.6 Å². The topological polar surface area (TPSA) is 107 Å². The van der Waals surface area contributed by atoms with Gasteiger partial charge >= 0.3 is 0 Å². The first-order chi connectivity index (χ1) is 16.6. The van der Waals surface area contributed by atoms with Crippen LogP contribution in [0, 0.1) is 0 Å². The standard InChI is InChI=1S/C24H34N4O5S2/c1-4-27(5-2)35(32,33)23-13-11-22(12-14-23)25-24(29)21-9-7-20(8-10-21)19-26-15-17-28(18-16-26)34(30,31)6-3/h7-14H,4-6,15-19H2,1-3H3,(H,25,29). The normalized spacial score (nSPS) is 15.9. The summed E-state index contributed by atoms with van der Waals surface area (Å²) in [7, 11) is -6.69. The Morgan fingerprint density at radius 3 is 1.94 bits per heavy atom. The van der Waals surface area contributed by atoms with Crippen LogP contribution in [0.1, 0.15) is 36.7 Å². The number of nitrogens with zero attached hydrogens (tertiary/aromatic N) is 3. The van der Waals surface area contributed by atoms with Crippen molar-refractivity contribution in [3.63, 3.8) is 0 Å². The Morgan fingerprint density at radius 2 is 1.43 bits per heavy atom. The highest BCUT2D eigenvalue weighted by Gasteiger charge is 2.25. The average Bonchev–Trinajstić information content (AvgIpc) is 2.85. The molecule has 0 saturated carbocycles. The summed E-state index contributed by atoms with van der Waals surface area (Å²) in [5.74, 6) is -0.162. The molecule has 1 N–H and O–H groups in total. The fourth-order valence-corrected chi connectivity index (χ4v) is 6.54. The fraction of sp³-hybridized carbons (Fsp3) is 0.458. The van der Waals surface area contributed by atoms with Gasteiger partial charge in [-0.15, -0.1) is 0 Å². The second-order valence-corrected chi connectivity index (χ2v) is 12.5. The van der Waals surface area contributed by atoms with E-state index in [9.17, 15) is 21.6 Å². The Balaban J connectivity index is 1.56. The minimum Gasteiger partial charge on any atom is -0.322 e. The van der Waals surface area contributed by atoms with Crippen LogP contribution in [0.3, 0.4) is 0 Å². The quantitative estimate of drug-likeness (QED) is 0.514. The van der Waals surface area contributed by atoms with Crippen LogP contribution in [0.5, 0.6) is 0 Å². The zero-order valence-electron chi connectivity index (χ0n) is 20.5. The van der Waals surface area contributed by atoms with Gasteiger partial charge in [0, 0.05) is 57.1 Å². The molecule has 3 rings (SSSR count). The molecule has 192 valence electrons. The third-order valence-electron chi connectivity index (χ3n) is 6.17. The molecule has 0 bridgehead atoms. The van der Waals surface area contributed by atoms with Gasteiger partial charge in [0.25, 0.3) is 5.91 Å². The van der Waals surface area contributed by atoms with Gasteiger partial charge in [-0.3, -0.25) is 9.69 Å². The molecule has 0 spiro atoms. The monoisotopic (exact) mass is 522 g/mol. The summed E-state index contributed by atoms with van der Waals surface area (Å²) in [5, 5.41) is 2.80. The molecule has 0 radical (unpaired) electrons. The Bertz CT molecular complexity index is 1200. The Morgan fingerprint density at radius 1 is 0.857 bits per heavy atom. The van der Waals surface area contributed by atoms with Crippen molar-refractivity contribution in [3.05, 3.63) is 59.7 Å². The predicted molar refractivity (Wildman–Crippen MR) is 137 cm³/mol. The lowest BCUT2D eigenvalue weighted by Crippen LogP contribution is -2.48. The highest BCUT2D eigenvalue weighted by atomic mass is 32.2. The van der Waals surface area contributed by atoms with E-state index in [2.05, 4.69) is 10.2 Å². The maximum absolute atomic E-state index is 12.6. The third kappa shape index (κ3) is 6.68. The van der Waals surface area contributed by atoms with Crippen molar-refractivity contribution in [1.29, 1.82) is 0 Å². The third-order valence-corrected chi connectivity index (χ3v) is 10.1. The molecule has 1 aliphatic rings. The molecular weight excluding hydrogens is 488 g/mol. The number of hydrogen-bond donors (Lipinski definition) is 1. The number of carbonyl (C=O) groups excluding carboxylic acids is 1. The molecule has 1 heterocycles. The number of amides is 1. The maximum atomic E-state index is 12.6. The Labute approximate surface area is 208 Å². The van der Waals surface area contributed by atoms with E-state index in [1.807, 2.05) is 12.1 Å². The first kappa shape index (κ1) is 27.3. The van der Waals surface area contributed by atoms with E-state index < -0.39 is 20.0 Å². The van der Waals surface area contributed by atoms with Crippen molar-refractivity contribution >= 4 is 31.6 Å². The first-order valence-electron chi connectivity index (χ1n) is 11.8.